The molecule has 0 amide bonds. The highest BCUT2D eigenvalue weighted by Crippen LogP contribution is 2.41. The highest BCUT2D eigenvalue weighted by molar-refractivity contribution is 7.59. The molecule has 0 aromatic heterocycles. The number of benzene rings is 1. The van der Waals surface area contributed by atoms with Gasteiger partial charge in [-0.1, -0.05) is 18.9 Å². The molecule has 0 N–H and O–H groups in total. The third kappa shape index (κ3) is 3.73. The van der Waals surface area contributed by atoms with Gasteiger partial charge in [0.2, 0.25) is 0 Å². The molecule has 1 atom stereocenters. The van der Waals surface area contributed by atoms with Crippen LogP contribution in [0.1, 0.15) is 49.9 Å². The van der Waals surface area contributed by atoms with Crippen molar-refractivity contribution in [3.05, 3.63) is 23.8 Å². The molecule has 0 spiro atoms. The molecular weight excluding hydrogens is 271 g/mol. The van der Waals surface area contributed by atoms with Crippen LogP contribution in [-0.4, -0.2) is 24.4 Å². The van der Waals surface area contributed by atoms with Gasteiger partial charge in [0.05, 0.1) is 13.2 Å². The zero-order valence-corrected chi connectivity index (χ0v) is 13.3. The second kappa shape index (κ2) is 7.64. The molecule has 0 saturated heterocycles. The zero-order chi connectivity index (χ0) is 14.4. The van der Waals surface area contributed by atoms with Crippen molar-refractivity contribution in [1.29, 1.82) is 0 Å². The summed E-state index contributed by atoms with van der Waals surface area (Å²) in [6, 6.07) is 5.60. The maximum absolute atomic E-state index is 12.6. The maximum atomic E-state index is 12.6. The molecule has 0 bridgehead atoms. The van der Waals surface area contributed by atoms with E-state index in [-0.39, 0.29) is 5.52 Å². The van der Waals surface area contributed by atoms with Crippen LogP contribution in [0.5, 0.6) is 11.5 Å². The molecule has 0 aliphatic heterocycles. The highest BCUT2D eigenvalue weighted by Gasteiger charge is 2.24. The lowest BCUT2D eigenvalue weighted by Crippen LogP contribution is -2.07. The molecule has 110 valence electrons. The van der Waals surface area contributed by atoms with Crippen molar-refractivity contribution in [1.82, 2.24) is 0 Å². The van der Waals surface area contributed by atoms with Crippen LogP contribution in [0, 0.1) is 0 Å². The van der Waals surface area contributed by atoms with E-state index >= 15 is 0 Å². The molecule has 1 saturated carbocycles. The fourth-order valence-corrected chi connectivity index (χ4v) is 4.07. The highest BCUT2D eigenvalue weighted by atomic mass is 31.1. The van der Waals surface area contributed by atoms with Gasteiger partial charge >= 0.3 is 0 Å². The molecule has 1 unspecified atom stereocenters. The van der Waals surface area contributed by atoms with Crippen molar-refractivity contribution in [2.45, 2.75) is 45.2 Å². The Bertz CT molecular complexity index is 429. The van der Waals surface area contributed by atoms with Gasteiger partial charge in [0, 0.05) is 0 Å². The summed E-state index contributed by atoms with van der Waals surface area (Å²) in [5, 5.41) is 0. The second-order valence-electron chi connectivity index (χ2n) is 4.95. The Kier molecular flexibility index (Phi) is 5.85. The first-order valence-electron chi connectivity index (χ1n) is 7.45. The minimum atomic E-state index is 0.185. The predicted molar refractivity (Wildman–Crippen MR) is 83.7 cm³/mol. The van der Waals surface area contributed by atoms with E-state index in [0.717, 1.165) is 0 Å². The van der Waals surface area contributed by atoms with E-state index in [4.69, 9.17) is 9.47 Å². The van der Waals surface area contributed by atoms with E-state index in [0.29, 0.717) is 44.5 Å². The summed E-state index contributed by atoms with van der Waals surface area (Å²) in [5.41, 5.74) is 1.39. The topological polar surface area (TPSA) is 35.5 Å². The van der Waals surface area contributed by atoms with Gasteiger partial charge < -0.3 is 9.47 Å². The predicted octanol–water partition coefficient (Wildman–Crippen LogP) is 4.25. The molecule has 1 aliphatic carbocycles. The van der Waals surface area contributed by atoms with Crippen molar-refractivity contribution in [2.75, 3.05) is 13.2 Å². The van der Waals surface area contributed by atoms with Gasteiger partial charge in [-0.3, -0.25) is 4.79 Å². The summed E-state index contributed by atoms with van der Waals surface area (Å²) in [6.07, 6.45) is 4.89. The Hall–Kier alpha value is -1.08. The molecule has 1 aliphatic rings. The van der Waals surface area contributed by atoms with Gasteiger partial charge in [0.15, 0.2) is 5.52 Å². The van der Waals surface area contributed by atoms with Crippen molar-refractivity contribution < 1.29 is 14.3 Å². The van der Waals surface area contributed by atoms with Crippen LogP contribution < -0.4 is 9.47 Å². The molecule has 4 heteroatoms. The zero-order valence-electron chi connectivity index (χ0n) is 12.3. The molecule has 1 aromatic rings. The number of ether oxygens (including phenoxy) is 2. The Morgan fingerprint density at radius 3 is 2.20 bits per heavy atom. The number of hydrogen-bond donors (Lipinski definition) is 0. The van der Waals surface area contributed by atoms with Crippen molar-refractivity contribution in [3.63, 3.8) is 0 Å². The smallest absolute Gasteiger partial charge is 0.188 e. The minimum Gasteiger partial charge on any atom is -0.493 e. The van der Waals surface area contributed by atoms with Gasteiger partial charge in [-0.2, -0.15) is 0 Å². The van der Waals surface area contributed by atoms with Gasteiger partial charge in [0.1, 0.15) is 17.1 Å². The molecule has 2 rings (SSSR count). The first-order valence-corrected chi connectivity index (χ1v) is 8.53. The van der Waals surface area contributed by atoms with Gasteiger partial charge in [-0.25, -0.2) is 0 Å². The van der Waals surface area contributed by atoms with Crippen LogP contribution >= 0.6 is 8.58 Å². The van der Waals surface area contributed by atoms with Crippen LogP contribution in [0.3, 0.4) is 0 Å². The Balaban J connectivity index is 2.22. The van der Waals surface area contributed by atoms with Crippen molar-refractivity contribution in [2.24, 2.45) is 0 Å². The summed E-state index contributed by atoms with van der Waals surface area (Å²) >= 11 is 0. The summed E-state index contributed by atoms with van der Waals surface area (Å²) in [7, 11) is 0.340. The van der Waals surface area contributed by atoms with E-state index in [2.05, 4.69) is 0 Å². The van der Waals surface area contributed by atoms with Crippen LogP contribution in [0.25, 0.3) is 0 Å². The summed E-state index contributed by atoms with van der Waals surface area (Å²) < 4.78 is 11.2. The monoisotopic (exact) mass is 294 g/mol. The Labute approximate surface area is 122 Å². The normalized spacial score (nSPS) is 15.9. The lowest BCUT2D eigenvalue weighted by molar-refractivity contribution is 0.107. The van der Waals surface area contributed by atoms with Crippen molar-refractivity contribution >= 4 is 14.1 Å². The summed E-state index contributed by atoms with van der Waals surface area (Å²) in [5.74, 6) is 1.32. The number of carbonyl (C=O) groups is 1. The standard InChI is InChI=1S/C16H23O3P/c1-3-18-13-10-7-11-14(19-4-2)15(13)16(17)20-12-8-5-6-9-12/h7,10-12,20H,3-6,8-9H2,1-2H3. The summed E-state index contributed by atoms with van der Waals surface area (Å²) in [4.78, 5) is 12.6. The second-order valence-corrected chi connectivity index (χ2v) is 6.51. The average molecular weight is 294 g/mol. The third-order valence-corrected chi connectivity index (χ3v) is 5.00. The first-order chi connectivity index (χ1) is 9.76. The van der Waals surface area contributed by atoms with E-state index in [9.17, 15) is 4.79 Å². The number of rotatable bonds is 7. The minimum absolute atomic E-state index is 0.185. The van der Waals surface area contributed by atoms with Crippen LogP contribution in [0.15, 0.2) is 18.2 Å². The fraction of sp³-hybridized carbons (Fsp3) is 0.562. The van der Waals surface area contributed by atoms with E-state index < -0.39 is 0 Å². The van der Waals surface area contributed by atoms with Gasteiger partial charge in [-0.15, -0.1) is 0 Å². The van der Waals surface area contributed by atoms with Crippen LogP contribution in [-0.2, 0) is 0 Å². The molecule has 3 nitrogen and oxygen atoms in total. The molecule has 20 heavy (non-hydrogen) atoms. The number of hydrogen-bond acceptors (Lipinski definition) is 3. The molecular formula is C16H23O3P. The van der Waals surface area contributed by atoms with E-state index in [1.807, 2.05) is 32.0 Å². The van der Waals surface area contributed by atoms with E-state index in [1.165, 1.54) is 25.7 Å². The number of carbonyl (C=O) groups excluding carboxylic acids is 1. The Morgan fingerprint density at radius 1 is 1.15 bits per heavy atom. The Morgan fingerprint density at radius 2 is 1.70 bits per heavy atom. The summed E-state index contributed by atoms with van der Waals surface area (Å²) in [6.45, 7) is 4.98. The van der Waals surface area contributed by atoms with Crippen LogP contribution in [0.2, 0.25) is 0 Å². The van der Waals surface area contributed by atoms with Crippen LogP contribution in [0.4, 0.5) is 0 Å². The van der Waals surface area contributed by atoms with Crippen molar-refractivity contribution in [3.8, 4) is 11.5 Å². The average Bonchev–Trinajstić information content (AvgIpc) is 2.92. The molecule has 1 aromatic carbocycles. The molecule has 0 radical (unpaired) electrons. The SMILES string of the molecule is CCOc1cccc(OCC)c1C(=O)PC1CCCC1. The fourth-order valence-electron chi connectivity index (χ4n) is 2.61. The molecule has 0 heterocycles. The first kappa shape index (κ1) is 15.3. The van der Waals surface area contributed by atoms with Gasteiger partial charge in [-0.05, 0) is 53.1 Å². The largest absolute Gasteiger partial charge is 0.493 e. The van der Waals surface area contributed by atoms with Gasteiger partial charge in [0.25, 0.3) is 0 Å². The van der Waals surface area contributed by atoms with E-state index in [1.54, 1.807) is 0 Å². The lowest BCUT2D eigenvalue weighted by Gasteiger charge is -2.15. The maximum Gasteiger partial charge on any atom is 0.188 e. The molecule has 1 fully saturated rings. The quantitative estimate of drug-likeness (QED) is 0.705. The third-order valence-electron chi connectivity index (χ3n) is 3.51. The lowest BCUT2D eigenvalue weighted by atomic mass is 10.2.